The zero-order valence-electron chi connectivity index (χ0n) is 24.2. The van der Waals surface area contributed by atoms with Crippen molar-refractivity contribution in [3.05, 3.63) is 34.9 Å². The lowest BCUT2D eigenvalue weighted by atomic mass is 9.37. The fraction of sp³-hybridized carbons (Fsp3) is 0.548. The predicted octanol–water partition coefficient (Wildman–Crippen LogP) is 2.20. The van der Waals surface area contributed by atoms with Crippen LogP contribution >= 0.6 is 0 Å². The number of hydrogen-bond acceptors (Lipinski definition) is 10. The van der Waals surface area contributed by atoms with Crippen LogP contribution in [0.4, 0.5) is 0 Å². The molecule has 1 aromatic rings. The van der Waals surface area contributed by atoms with Gasteiger partial charge in [0.05, 0.1) is 24.2 Å². The number of Topliss-reactive ketones (excluding diaryl/α,β-unsaturated/α-hetero) is 5. The van der Waals surface area contributed by atoms with E-state index in [0.717, 1.165) is 13.0 Å². The highest BCUT2D eigenvalue weighted by Gasteiger charge is 2.80. The average molecular weight is 569 g/mol. The molecule has 10 nitrogen and oxygen atoms in total. The van der Waals surface area contributed by atoms with Crippen molar-refractivity contribution in [1.29, 1.82) is 0 Å². The molecular weight excluding hydrogens is 532 g/mol. The summed E-state index contributed by atoms with van der Waals surface area (Å²) in [5, 5.41) is 35.4. The van der Waals surface area contributed by atoms with Crippen molar-refractivity contribution in [2.45, 2.75) is 66.1 Å². The number of ether oxygens (including phenoxy) is 1. The van der Waals surface area contributed by atoms with Crippen LogP contribution in [-0.2, 0) is 28.7 Å². The molecule has 220 valence electrons. The van der Waals surface area contributed by atoms with Crippen molar-refractivity contribution < 1.29 is 48.8 Å². The molecular formula is C31H36O10. The van der Waals surface area contributed by atoms with Crippen molar-refractivity contribution >= 4 is 41.0 Å². The van der Waals surface area contributed by atoms with E-state index < -0.39 is 92.8 Å². The summed E-state index contributed by atoms with van der Waals surface area (Å²) in [4.78, 5) is 80.2. The van der Waals surface area contributed by atoms with E-state index in [1.165, 1.54) is 26.0 Å². The van der Waals surface area contributed by atoms with Gasteiger partial charge in [-0.25, -0.2) is 4.79 Å². The molecule has 2 saturated carbocycles. The Morgan fingerprint density at radius 2 is 1.71 bits per heavy atom. The molecule has 0 saturated heterocycles. The lowest BCUT2D eigenvalue weighted by molar-refractivity contribution is -0.240. The quantitative estimate of drug-likeness (QED) is 0.272. The van der Waals surface area contributed by atoms with E-state index in [2.05, 4.69) is 0 Å². The summed E-state index contributed by atoms with van der Waals surface area (Å²) in [5.41, 5.74) is -6.52. The highest BCUT2D eigenvalue weighted by molar-refractivity contribution is 6.33. The largest absolute Gasteiger partial charge is 0.507 e. The van der Waals surface area contributed by atoms with Crippen LogP contribution in [0.15, 0.2) is 18.2 Å². The maximum atomic E-state index is 14.4. The van der Waals surface area contributed by atoms with Crippen LogP contribution in [0.1, 0.15) is 75.9 Å². The molecule has 0 aromatic heterocycles. The Morgan fingerprint density at radius 1 is 1.10 bits per heavy atom. The summed E-state index contributed by atoms with van der Waals surface area (Å²) in [5.74, 6) is -12.6. The van der Waals surface area contributed by atoms with Gasteiger partial charge in [-0.15, -0.1) is 0 Å². The number of ketones is 5. The second-order valence-electron chi connectivity index (χ2n) is 12.2. The lowest BCUT2D eigenvalue weighted by Gasteiger charge is -2.65. The van der Waals surface area contributed by atoms with Crippen LogP contribution in [0, 0.1) is 34.5 Å². The molecule has 3 aliphatic carbocycles. The summed E-state index contributed by atoms with van der Waals surface area (Å²) in [6.07, 6.45) is 0.595. The molecule has 0 heterocycles. The van der Waals surface area contributed by atoms with Gasteiger partial charge in [0, 0.05) is 28.4 Å². The van der Waals surface area contributed by atoms with Crippen LogP contribution in [-0.4, -0.2) is 68.5 Å². The molecule has 3 N–H and O–H groups in total. The smallest absolute Gasteiger partial charge is 0.330 e. The van der Waals surface area contributed by atoms with E-state index in [-0.39, 0.29) is 17.7 Å². The predicted molar refractivity (Wildman–Crippen MR) is 145 cm³/mol. The Balaban J connectivity index is 1.98. The Labute approximate surface area is 237 Å². The standard InChI is InChI=1S/C31H36O10/c1-8-41-18(33)12-10-16-9-11-17-14(4)29(6)22(25(36)20(17)23(16)34)27(38)31(40)26(37)19(15(5)32)24(35)21(13(2)3)30(31,7)28(29)39/h9-14,19,21-22,28,34,39-40H,8H2,1-7H3/b12-10+/t14-,19?,21?,22?,28-,29+,30+,31+/m1/s1. The van der Waals surface area contributed by atoms with Crippen molar-refractivity contribution in [3.63, 3.8) is 0 Å². The van der Waals surface area contributed by atoms with Crippen LogP contribution in [0.2, 0.25) is 0 Å². The van der Waals surface area contributed by atoms with Gasteiger partial charge < -0.3 is 20.1 Å². The minimum Gasteiger partial charge on any atom is -0.507 e. The number of phenols is 1. The molecule has 4 rings (SSSR count). The van der Waals surface area contributed by atoms with E-state index in [4.69, 9.17) is 4.74 Å². The maximum Gasteiger partial charge on any atom is 0.330 e. The van der Waals surface area contributed by atoms with Crippen LogP contribution in [0.3, 0.4) is 0 Å². The van der Waals surface area contributed by atoms with Crippen LogP contribution < -0.4 is 0 Å². The van der Waals surface area contributed by atoms with Gasteiger partial charge in [-0.05, 0) is 37.3 Å². The summed E-state index contributed by atoms with van der Waals surface area (Å²) >= 11 is 0. The highest BCUT2D eigenvalue weighted by atomic mass is 16.5. The van der Waals surface area contributed by atoms with Gasteiger partial charge in [-0.3, -0.25) is 24.0 Å². The summed E-state index contributed by atoms with van der Waals surface area (Å²) in [6.45, 7) is 10.5. The first-order valence-corrected chi connectivity index (χ1v) is 13.7. The molecule has 10 heteroatoms. The molecule has 8 atom stereocenters. The molecule has 3 unspecified atom stereocenters. The third kappa shape index (κ3) is 3.69. The number of rotatable bonds is 5. The molecule has 0 radical (unpaired) electrons. The monoisotopic (exact) mass is 568 g/mol. The maximum absolute atomic E-state index is 14.4. The van der Waals surface area contributed by atoms with Gasteiger partial charge in [0.15, 0.2) is 28.7 Å². The topological polar surface area (TPSA) is 172 Å². The number of aromatic hydroxyl groups is 1. The molecule has 0 amide bonds. The number of esters is 1. The second kappa shape index (κ2) is 9.80. The first-order valence-electron chi connectivity index (χ1n) is 13.7. The fourth-order valence-electron chi connectivity index (χ4n) is 7.85. The summed E-state index contributed by atoms with van der Waals surface area (Å²) < 4.78 is 4.85. The van der Waals surface area contributed by atoms with E-state index in [1.54, 1.807) is 33.8 Å². The van der Waals surface area contributed by atoms with Gasteiger partial charge in [0.1, 0.15) is 17.5 Å². The molecule has 1 aromatic carbocycles. The van der Waals surface area contributed by atoms with Crippen molar-refractivity contribution in [1.82, 2.24) is 0 Å². The third-order valence-electron chi connectivity index (χ3n) is 9.94. The van der Waals surface area contributed by atoms with Crippen molar-refractivity contribution in [2.75, 3.05) is 6.61 Å². The Morgan fingerprint density at radius 3 is 2.24 bits per heavy atom. The molecule has 41 heavy (non-hydrogen) atoms. The van der Waals surface area contributed by atoms with E-state index >= 15 is 0 Å². The minimum atomic E-state index is -3.03. The lowest BCUT2D eigenvalue weighted by Crippen LogP contribution is -2.81. The third-order valence-corrected chi connectivity index (χ3v) is 9.94. The number of fused-ring (bicyclic) bond motifs is 3. The van der Waals surface area contributed by atoms with E-state index in [0.29, 0.717) is 5.56 Å². The number of carbonyl (C=O) groups is 6. The zero-order valence-corrected chi connectivity index (χ0v) is 24.2. The number of hydrogen-bond donors (Lipinski definition) is 3. The van der Waals surface area contributed by atoms with Crippen LogP contribution in [0.5, 0.6) is 5.75 Å². The normalized spacial score (nSPS) is 36.7. The number of aliphatic hydroxyl groups excluding tert-OH is 1. The summed E-state index contributed by atoms with van der Waals surface area (Å²) in [6, 6.07) is 3.03. The Bertz CT molecular complexity index is 1420. The first kappa shape index (κ1) is 30.5. The number of benzene rings is 1. The molecule has 0 aliphatic heterocycles. The fourth-order valence-corrected chi connectivity index (χ4v) is 7.85. The first-order chi connectivity index (χ1) is 18.9. The second-order valence-corrected chi connectivity index (χ2v) is 12.2. The Hall–Kier alpha value is -3.50. The van der Waals surface area contributed by atoms with Gasteiger partial charge >= 0.3 is 5.97 Å². The van der Waals surface area contributed by atoms with E-state index in [1.807, 2.05) is 0 Å². The number of aliphatic hydroxyl groups is 2. The SMILES string of the molecule is CCOC(=O)/C=C/c1ccc2c(c1O)C(=O)C1C(=O)[C@@]3(O)C(=O)C(C(C)=O)C(=O)C(C(C)C)[C@@]3(C)[C@H](O)[C@@]1(C)[C@@H]2C. The van der Waals surface area contributed by atoms with Gasteiger partial charge in [0.25, 0.3) is 0 Å². The minimum absolute atomic E-state index is 0.0872. The van der Waals surface area contributed by atoms with Gasteiger partial charge in [-0.2, -0.15) is 0 Å². The zero-order chi connectivity index (χ0) is 31.0. The van der Waals surface area contributed by atoms with Crippen molar-refractivity contribution in [2.24, 2.45) is 34.5 Å². The highest BCUT2D eigenvalue weighted by Crippen LogP contribution is 2.66. The van der Waals surface area contributed by atoms with Crippen LogP contribution in [0.25, 0.3) is 6.08 Å². The Kier molecular flexibility index (Phi) is 7.28. The van der Waals surface area contributed by atoms with E-state index in [9.17, 15) is 44.1 Å². The van der Waals surface area contributed by atoms with Gasteiger partial charge in [-0.1, -0.05) is 46.8 Å². The molecule has 0 spiro atoms. The molecule has 0 bridgehead atoms. The molecule has 2 fully saturated rings. The van der Waals surface area contributed by atoms with Gasteiger partial charge in [0.2, 0.25) is 0 Å². The average Bonchev–Trinajstić information content (AvgIpc) is 2.88. The molecule has 3 aliphatic rings. The summed E-state index contributed by atoms with van der Waals surface area (Å²) in [7, 11) is 0. The number of carbonyl (C=O) groups excluding carboxylic acids is 6. The number of phenolic OH excluding ortho intramolecular Hbond substituents is 1. The van der Waals surface area contributed by atoms with Crippen molar-refractivity contribution in [3.8, 4) is 5.75 Å².